The van der Waals surface area contributed by atoms with Crippen LogP contribution in [0.5, 0.6) is 0 Å². The summed E-state index contributed by atoms with van der Waals surface area (Å²) in [6, 6.07) is 14.2. The normalized spacial score (nSPS) is 11.8. The number of ether oxygens (including phenoxy) is 1. The van der Waals surface area contributed by atoms with Gasteiger partial charge in [-0.15, -0.1) is 5.10 Å². The van der Waals surface area contributed by atoms with Gasteiger partial charge in [-0.05, 0) is 55.3 Å². The van der Waals surface area contributed by atoms with Crippen molar-refractivity contribution in [2.24, 2.45) is 11.7 Å². The molecule has 0 fully saturated rings. The van der Waals surface area contributed by atoms with Crippen molar-refractivity contribution in [3.05, 3.63) is 76.0 Å². The van der Waals surface area contributed by atoms with Crippen LogP contribution in [0.4, 0.5) is 0 Å². The molecule has 2 aromatic carbocycles. The molecule has 1 heterocycles. The van der Waals surface area contributed by atoms with Gasteiger partial charge in [0, 0.05) is 5.56 Å². The quantitative estimate of drug-likeness (QED) is 0.377. The first-order valence-corrected chi connectivity index (χ1v) is 9.12. The summed E-state index contributed by atoms with van der Waals surface area (Å²) in [7, 11) is 1.38. The predicted molar refractivity (Wildman–Crippen MR) is 110 cm³/mol. The maximum absolute atomic E-state index is 12.9. The van der Waals surface area contributed by atoms with E-state index < -0.39 is 0 Å². The first-order valence-electron chi connectivity index (χ1n) is 9.12. The molecule has 3 aromatic rings. The number of aryl methyl sites for hydroxylation is 1. The molecule has 0 aliphatic carbocycles. The summed E-state index contributed by atoms with van der Waals surface area (Å²) in [5.41, 5.74) is 8.01. The van der Waals surface area contributed by atoms with E-state index in [2.05, 4.69) is 5.10 Å². The average molecular weight is 393 g/mol. The minimum Gasteiger partial charge on any atom is -0.469 e. The molecule has 0 spiro atoms. The lowest BCUT2D eigenvalue weighted by Gasteiger charge is -2.10. The summed E-state index contributed by atoms with van der Waals surface area (Å²) in [6.45, 7) is 3.57. The molecule has 0 bridgehead atoms. The number of carbonyl (C=O) groups excluding carboxylic acids is 1. The largest absolute Gasteiger partial charge is 0.469 e. The highest BCUT2D eigenvalue weighted by atomic mass is 16.5. The van der Waals surface area contributed by atoms with E-state index in [-0.39, 0.29) is 23.4 Å². The molecule has 1 atom stereocenters. The number of benzene rings is 2. The number of nitrogens with zero attached hydrogens (tertiary/aromatic N) is 3. The number of amidine groups is 1. The summed E-state index contributed by atoms with van der Waals surface area (Å²) in [5.74, 6) is 0.0165. The van der Waals surface area contributed by atoms with Crippen LogP contribution in [0.1, 0.15) is 23.9 Å². The molecule has 150 valence electrons. The molecule has 29 heavy (non-hydrogen) atoms. The van der Waals surface area contributed by atoms with Gasteiger partial charge in [0.1, 0.15) is 11.7 Å². The summed E-state index contributed by atoms with van der Waals surface area (Å²) < 4.78 is 7.59. The maximum atomic E-state index is 12.9. The van der Waals surface area contributed by atoms with Crippen molar-refractivity contribution in [2.45, 2.75) is 20.3 Å². The van der Waals surface area contributed by atoms with E-state index in [1.54, 1.807) is 31.2 Å². The van der Waals surface area contributed by atoms with Crippen LogP contribution < -0.4 is 11.4 Å². The van der Waals surface area contributed by atoms with Gasteiger partial charge >= 0.3 is 11.7 Å². The number of nitrogens with two attached hydrogens (primary N) is 1. The lowest BCUT2D eigenvalue weighted by molar-refractivity contribution is -0.144. The maximum Gasteiger partial charge on any atom is 0.355 e. The number of carbonyl (C=O) groups is 1. The Kier molecular flexibility index (Phi) is 5.63. The number of rotatable bonds is 6. The Hall–Kier alpha value is -3.68. The summed E-state index contributed by atoms with van der Waals surface area (Å²) in [4.78, 5) is 24.5. The molecule has 3 N–H and O–H groups in total. The summed E-state index contributed by atoms with van der Waals surface area (Å²) in [6.07, 6.45) is 0.558. The third-order valence-corrected chi connectivity index (χ3v) is 4.70. The van der Waals surface area contributed by atoms with Crippen LogP contribution in [-0.2, 0) is 16.0 Å². The Labute approximate surface area is 168 Å². The Balaban J connectivity index is 1.89. The van der Waals surface area contributed by atoms with Crippen molar-refractivity contribution in [1.82, 2.24) is 14.3 Å². The van der Waals surface area contributed by atoms with E-state index in [1.165, 1.54) is 16.4 Å². The predicted octanol–water partition coefficient (Wildman–Crippen LogP) is 1.97. The highest BCUT2D eigenvalue weighted by molar-refractivity contribution is 5.95. The standard InChI is InChI=1S/C21H23N5O3/c1-13(20(27)29-3)12-15-4-8-17(9-5-15)25-14(2)24-26(21(25)28)18-10-6-16(7-11-18)19(22)23/h4-11,13H,12H2,1-3H3,(H3,22,23). The second-order valence-corrected chi connectivity index (χ2v) is 6.83. The topological polar surface area (TPSA) is 116 Å². The van der Waals surface area contributed by atoms with Crippen molar-refractivity contribution in [2.75, 3.05) is 7.11 Å². The third kappa shape index (κ3) is 4.11. The van der Waals surface area contributed by atoms with Gasteiger partial charge in [-0.2, -0.15) is 4.68 Å². The van der Waals surface area contributed by atoms with Crippen LogP contribution >= 0.6 is 0 Å². The zero-order valence-electron chi connectivity index (χ0n) is 16.5. The Morgan fingerprint density at radius 2 is 1.72 bits per heavy atom. The Bertz CT molecular complexity index is 1090. The molecule has 0 saturated carbocycles. The van der Waals surface area contributed by atoms with Gasteiger partial charge < -0.3 is 10.5 Å². The van der Waals surface area contributed by atoms with Gasteiger partial charge in [0.05, 0.1) is 24.4 Å². The number of nitrogens with one attached hydrogen (secondary N) is 1. The van der Waals surface area contributed by atoms with E-state index in [0.29, 0.717) is 29.2 Å². The fourth-order valence-electron chi connectivity index (χ4n) is 3.13. The van der Waals surface area contributed by atoms with Crippen molar-refractivity contribution < 1.29 is 9.53 Å². The molecule has 1 aromatic heterocycles. The fourth-order valence-corrected chi connectivity index (χ4v) is 3.13. The van der Waals surface area contributed by atoms with Crippen LogP contribution in [0.2, 0.25) is 0 Å². The molecule has 8 heteroatoms. The highest BCUT2D eigenvalue weighted by Crippen LogP contribution is 2.15. The third-order valence-electron chi connectivity index (χ3n) is 4.70. The van der Waals surface area contributed by atoms with E-state index in [1.807, 2.05) is 31.2 Å². The summed E-state index contributed by atoms with van der Waals surface area (Å²) >= 11 is 0. The van der Waals surface area contributed by atoms with Crippen LogP contribution in [0.3, 0.4) is 0 Å². The smallest absolute Gasteiger partial charge is 0.355 e. The molecular weight excluding hydrogens is 370 g/mol. The van der Waals surface area contributed by atoms with Crippen LogP contribution in [-0.4, -0.2) is 33.3 Å². The number of nitrogen functional groups attached to an aromatic ring is 1. The lowest BCUT2D eigenvalue weighted by Crippen LogP contribution is -2.23. The van der Waals surface area contributed by atoms with Gasteiger partial charge in [0.25, 0.3) is 0 Å². The average Bonchev–Trinajstić information content (AvgIpc) is 3.02. The SMILES string of the molecule is COC(=O)C(C)Cc1ccc(-n2c(C)nn(-c3ccc(C(=N)N)cc3)c2=O)cc1. The van der Waals surface area contributed by atoms with Crippen molar-refractivity contribution in [3.8, 4) is 11.4 Å². The fraction of sp³-hybridized carbons (Fsp3) is 0.238. The van der Waals surface area contributed by atoms with E-state index in [9.17, 15) is 9.59 Å². The minimum atomic E-state index is -0.297. The number of hydrogen-bond donors (Lipinski definition) is 2. The Morgan fingerprint density at radius 3 is 2.28 bits per heavy atom. The van der Waals surface area contributed by atoms with Crippen molar-refractivity contribution >= 4 is 11.8 Å². The van der Waals surface area contributed by atoms with Gasteiger partial charge in [-0.25, -0.2) is 9.36 Å². The van der Waals surface area contributed by atoms with Crippen LogP contribution in [0.25, 0.3) is 11.4 Å². The lowest BCUT2D eigenvalue weighted by atomic mass is 10.0. The van der Waals surface area contributed by atoms with Crippen LogP contribution in [0, 0.1) is 18.3 Å². The van der Waals surface area contributed by atoms with E-state index >= 15 is 0 Å². The highest BCUT2D eigenvalue weighted by Gasteiger charge is 2.16. The van der Waals surface area contributed by atoms with Gasteiger partial charge in [-0.3, -0.25) is 10.2 Å². The molecule has 0 saturated heterocycles. The molecule has 8 nitrogen and oxygen atoms in total. The van der Waals surface area contributed by atoms with Gasteiger partial charge in [-0.1, -0.05) is 19.1 Å². The molecule has 0 radical (unpaired) electrons. The monoisotopic (exact) mass is 393 g/mol. The number of aromatic nitrogens is 3. The number of methoxy groups -OCH3 is 1. The molecule has 3 rings (SSSR count). The minimum absolute atomic E-state index is 0.0350. The molecule has 0 aliphatic rings. The second kappa shape index (κ2) is 8.14. The van der Waals surface area contributed by atoms with Gasteiger partial charge in [0.15, 0.2) is 0 Å². The van der Waals surface area contributed by atoms with Crippen LogP contribution in [0.15, 0.2) is 53.3 Å². The molecule has 1 unspecified atom stereocenters. The molecule has 0 amide bonds. The number of esters is 1. The number of hydrogen-bond acceptors (Lipinski definition) is 5. The summed E-state index contributed by atoms with van der Waals surface area (Å²) in [5, 5.41) is 11.8. The zero-order chi connectivity index (χ0) is 21.1. The molecular formula is C21H23N5O3. The van der Waals surface area contributed by atoms with E-state index in [4.69, 9.17) is 15.9 Å². The first-order chi connectivity index (χ1) is 13.8. The second-order valence-electron chi connectivity index (χ2n) is 6.83. The van der Waals surface area contributed by atoms with Crippen molar-refractivity contribution in [3.63, 3.8) is 0 Å². The first kappa shape index (κ1) is 20.1. The molecule has 0 aliphatic heterocycles. The van der Waals surface area contributed by atoms with Gasteiger partial charge in [0.2, 0.25) is 0 Å². The van der Waals surface area contributed by atoms with Crippen molar-refractivity contribution in [1.29, 1.82) is 5.41 Å². The zero-order valence-corrected chi connectivity index (χ0v) is 16.5. The Morgan fingerprint density at radius 1 is 1.14 bits per heavy atom. The van der Waals surface area contributed by atoms with E-state index in [0.717, 1.165) is 5.56 Å².